The molecular formula is C16H22ClN3O. The lowest BCUT2D eigenvalue weighted by atomic mass is 10.1. The number of carbonyl (C=O) groups excluding carboxylic acids is 1. The van der Waals surface area contributed by atoms with E-state index in [1.807, 2.05) is 56.6 Å². The van der Waals surface area contributed by atoms with E-state index in [1.54, 1.807) is 0 Å². The highest BCUT2D eigenvalue weighted by Crippen LogP contribution is 2.22. The molecule has 2 rings (SSSR count). The average Bonchev–Trinajstić information content (AvgIpc) is 2.44. The molecule has 21 heavy (non-hydrogen) atoms. The third-order valence-corrected chi connectivity index (χ3v) is 3.11. The predicted molar refractivity (Wildman–Crippen MR) is 91.4 cm³/mol. The summed E-state index contributed by atoms with van der Waals surface area (Å²) in [7, 11) is 4.05. The van der Waals surface area contributed by atoms with Crippen LogP contribution in [0.2, 0.25) is 0 Å². The van der Waals surface area contributed by atoms with Crippen LogP contribution in [0.15, 0.2) is 42.5 Å². The van der Waals surface area contributed by atoms with Crippen LogP contribution in [-0.4, -0.2) is 38.1 Å². The number of nitrogens with zero attached hydrogens (tertiary/aromatic N) is 1. The van der Waals surface area contributed by atoms with Gasteiger partial charge in [0, 0.05) is 11.9 Å². The van der Waals surface area contributed by atoms with Crippen molar-refractivity contribution in [2.45, 2.75) is 6.42 Å². The Labute approximate surface area is 131 Å². The van der Waals surface area contributed by atoms with Gasteiger partial charge in [0.05, 0.1) is 5.69 Å². The molecule has 0 aliphatic carbocycles. The van der Waals surface area contributed by atoms with Crippen LogP contribution in [0.1, 0.15) is 6.42 Å². The second-order valence-electron chi connectivity index (χ2n) is 5.06. The first-order valence-corrected chi connectivity index (χ1v) is 6.84. The quantitative estimate of drug-likeness (QED) is 0.832. The maximum absolute atomic E-state index is 11.9. The van der Waals surface area contributed by atoms with E-state index < -0.39 is 0 Å². The van der Waals surface area contributed by atoms with Gasteiger partial charge in [-0.1, -0.05) is 36.4 Å². The fourth-order valence-corrected chi connectivity index (χ4v) is 2.10. The second-order valence-corrected chi connectivity index (χ2v) is 5.06. The summed E-state index contributed by atoms with van der Waals surface area (Å²) in [4.78, 5) is 14.0. The van der Waals surface area contributed by atoms with Gasteiger partial charge >= 0.3 is 6.03 Å². The Hall–Kier alpha value is -1.78. The van der Waals surface area contributed by atoms with Crippen LogP contribution in [-0.2, 0) is 0 Å². The topological polar surface area (TPSA) is 44.4 Å². The Morgan fingerprint density at radius 2 is 1.81 bits per heavy atom. The largest absolute Gasteiger partial charge is 0.338 e. The number of fused-ring (bicyclic) bond motifs is 1. The highest BCUT2D eigenvalue weighted by Gasteiger charge is 2.04. The SMILES string of the molecule is CN(C)CCCNC(=O)Nc1cccc2ccccc12.Cl. The monoisotopic (exact) mass is 307 g/mol. The first-order valence-electron chi connectivity index (χ1n) is 6.84. The second kappa shape index (κ2) is 8.49. The van der Waals surface area contributed by atoms with Gasteiger partial charge in [-0.05, 0) is 38.5 Å². The van der Waals surface area contributed by atoms with Gasteiger partial charge in [-0.25, -0.2) is 4.79 Å². The van der Waals surface area contributed by atoms with Gasteiger partial charge in [-0.3, -0.25) is 0 Å². The van der Waals surface area contributed by atoms with E-state index in [2.05, 4.69) is 15.5 Å². The lowest BCUT2D eigenvalue weighted by molar-refractivity contribution is 0.251. The van der Waals surface area contributed by atoms with Gasteiger partial charge in [-0.15, -0.1) is 12.4 Å². The van der Waals surface area contributed by atoms with Crippen LogP contribution < -0.4 is 10.6 Å². The minimum atomic E-state index is -0.153. The normalized spacial score (nSPS) is 10.2. The number of rotatable bonds is 5. The number of amides is 2. The Balaban J connectivity index is 0.00000220. The zero-order valence-corrected chi connectivity index (χ0v) is 13.2. The summed E-state index contributed by atoms with van der Waals surface area (Å²) in [5, 5.41) is 7.96. The van der Waals surface area contributed by atoms with E-state index in [9.17, 15) is 4.79 Å². The Morgan fingerprint density at radius 3 is 2.57 bits per heavy atom. The molecule has 0 heterocycles. The molecular weight excluding hydrogens is 286 g/mol. The minimum absolute atomic E-state index is 0. The third-order valence-electron chi connectivity index (χ3n) is 3.11. The molecule has 2 N–H and O–H groups in total. The van der Waals surface area contributed by atoms with Crippen LogP contribution in [0.25, 0.3) is 10.8 Å². The van der Waals surface area contributed by atoms with Crippen molar-refractivity contribution in [1.82, 2.24) is 10.2 Å². The van der Waals surface area contributed by atoms with Crippen LogP contribution in [0.3, 0.4) is 0 Å². The molecule has 2 aromatic carbocycles. The number of anilines is 1. The molecule has 0 atom stereocenters. The molecule has 0 aromatic heterocycles. The fourth-order valence-electron chi connectivity index (χ4n) is 2.10. The van der Waals surface area contributed by atoms with E-state index in [-0.39, 0.29) is 18.4 Å². The molecule has 0 radical (unpaired) electrons. The fraction of sp³-hybridized carbons (Fsp3) is 0.312. The van der Waals surface area contributed by atoms with Gasteiger partial charge < -0.3 is 15.5 Å². The Kier molecular flexibility index (Phi) is 6.99. The van der Waals surface area contributed by atoms with Crippen molar-refractivity contribution in [2.24, 2.45) is 0 Å². The van der Waals surface area contributed by atoms with E-state index in [4.69, 9.17) is 0 Å². The van der Waals surface area contributed by atoms with E-state index in [0.717, 1.165) is 29.4 Å². The van der Waals surface area contributed by atoms with Crippen molar-refractivity contribution in [3.63, 3.8) is 0 Å². The molecule has 0 unspecified atom stereocenters. The molecule has 0 spiro atoms. The molecule has 4 nitrogen and oxygen atoms in total. The maximum Gasteiger partial charge on any atom is 0.319 e. The first kappa shape index (κ1) is 17.3. The number of hydrogen-bond acceptors (Lipinski definition) is 2. The lowest BCUT2D eigenvalue weighted by Gasteiger charge is -2.12. The zero-order chi connectivity index (χ0) is 14.4. The highest BCUT2D eigenvalue weighted by atomic mass is 35.5. The molecule has 2 amide bonds. The van der Waals surface area contributed by atoms with Crippen LogP contribution in [0.5, 0.6) is 0 Å². The smallest absolute Gasteiger partial charge is 0.319 e. The number of nitrogens with one attached hydrogen (secondary N) is 2. The first-order chi connectivity index (χ1) is 9.66. The molecule has 0 aliphatic heterocycles. The average molecular weight is 308 g/mol. The molecule has 0 saturated carbocycles. The molecule has 5 heteroatoms. The van der Waals surface area contributed by atoms with Gasteiger partial charge in [0.15, 0.2) is 0 Å². The lowest BCUT2D eigenvalue weighted by Crippen LogP contribution is -2.31. The number of urea groups is 1. The van der Waals surface area contributed by atoms with Gasteiger partial charge in [-0.2, -0.15) is 0 Å². The van der Waals surface area contributed by atoms with E-state index in [1.165, 1.54) is 0 Å². The number of halogens is 1. The summed E-state index contributed by atoms with van der Waals surface area (Å²) in [5.74, 6) is 0. The van der Waals surface area contributed by atoms with Crippen molar-refractivity contribution < 1.29 is 4.79 Å². The zero-order valence-electron chi connectivity index (χ0n) is 12.4. The molecule has 0 fully saturated rings. The summed E-state index contributed by atoms with van der Waals surface area (Å²) in [6.07, 6.45) is 0.940. The molecule has 0 aliphatic rings. The van der Waals surface area contributed by atoms with Gasteiger partial charge in [0.2, 0.25) is 0 Å². The van der Waals surface area contributed by atoms with Crippen molar-refractivity contribution >= 4 is 34.9 Å². The van der Waals surface area contributed by atoms with Crippen LogP contribution >= 0.6 is 12.4 Å². The molecule has 0 bridgehead atoms. The number of hydrogen-bond donors (Lipinski definition) is 2. The number of carbonyl (C=O) groups is 1. The van der Waals surface area contributed by atoms with Gasteiger partial charge in [0.25, 0.3) is 0 Å². The van der Waals surface area contributed by atoms with Crippen LogP contribution in [0, 0.1) is 0 Å². The summed E-state index contributed by atoms with van der Waals surface area (Å²) in [6.45, 7) is 1.64. The van der Waals surface area contributed by atoms with Crippen LogP contribution in [0.4, 0.5) is 10.5 Å². The molecule has 0 saturated heterocycles. The number of benzene rings is 2. The molecule has 2 aromatic rings. The maximum atomic E-state index is 11.9. The van der Waals surface area contributed by atoms with E-state index in [0.29, 0.717) is 6.54 Å². The van der Waals surface area contributed by atoms with Crippen molar-refractivity contribution in [1.29, 1.82) is 0 Å². The van der Waals surface area contributed by atoms with Crippen molar-refractivity contribution in [2.75, 3.05) is 32.5 Å². The van der Waals surface area contributed by atoms with E-state index >= 15 is 0 Å². The summed E-state index contributed by atoms with van der Waals surface area (Å²) < 4.78 is 0. The molecule has 114 valence electrons. The van der Waals surface area contributed by atoms with Gasteiger partial charge in [0.1, 0.15) is 0 Å². The third kappa shape index (κ3) is 5.25. The predicted octanol–water partition coefficient (Wildman–Crippen LogP) is 3.33. The standard InChI is InChI=1S/C16H21N3O.ClH/c1-19(2)12-6-11-17-16(20)18-15-10-5-8-13-7-3-4-9-14(13)15;/h3-5,7-10H,6,11-12H2,1-2H3,(H2,17,18,20);1H. The van der Waals surface area contributed by atoms with Crippen molar-refractivity contribution in [3.8, 4) is 0 Å². The summed E-state index contributed by atoms with van der Waals surface area (Å²) in [5.41, 5.74) is 0.841. The Morgan fingerprint density at radius 1 is 1.10 bits per heavy atom. The Bertz CT molecular complexity index is 581. The summed E-state index contributed by atoms with van der Waals surface area (Å²) >= 11 is 0. The highest BCUT2D eigenvalue weighted by molar-refractivity contribution is 6.01. The summed E-state index contributed by atoms with van der Waals surface area (Å²) in [6, 6.07) is 13.8. The van der Waals surface area contributed by atoms with Crippen molar-refractivity contribution in [3.05, 3.63) is 42.5 Å². The minimum Gasteiger partial charge on any atom is -0.338 e.